The summed E-state index contributed by atoms with van der Waals surface area (Å²) >= 11 is 0. The van der Waals surface area contributed by atoms with Gasteiger partial charge in [-0.2, -0.15) is 17.6 Å². The standard InChI is InChI=1S/C17H12F4N4O3/c1-7-23-13-5-10(17(19,20)21)8(4-9(13)15(26)24-7)6-22-11-2-3-12(16(27)28)25-14(11)18/h2-5,22H,6H2,1H3,(H,27,28)(H,23,24,26). The van der Waals surface area contributed by atoms with E-state index in [9.17, 15) is 27.2 Å². The Balaban J connectivity index is 2.02. The second-order valence-electron chi connectivity index (χ2n) is 5.87. The number of fused-ring (bicyclic) bond motifs is 1. The number of alkyl halides is 3. The second kappa shape index (κ2) is 6.91. The molecule has 0 atom stereocenters. The quantitative estimate of drug-likeness (QED) is 0.462. The van der Waals surface area contributed by atoms with Crippen molar-refractivity contribution in [1.29, 1.82) is 0 Å². The number of H-pyrrole nitrogens is 1. The van der Waals surface area contributed by atoms with Gasteiger partial charge in [0.15, 0.2) is 5.69 Å². The fourth-order valence-electron chi connectivity index (χ4n) is 2.63. The van der Waals surface area contributed by atoms with Crippen molar-refractivity contribution >= 4 is 22.6 Å². The van der Waals surface area contributed by atoms with Crippen LogP contribution in [0.3, 0.4) is 0 Å². The fourth-order valence-corrected chi connectivity index (χ4v) is 2.63. The van der Waals surface area contributed by atoms with E-state index in [1.807, 2.05) is 0 Å². The van der Waals surface area contributed by atoms with E-state index >= 15 is 0 Å². The molecule has 0 spiro atoms. The maximum Gasteiger partial charge on any atom is 0.416 e. The third kappa shape index (κ3) is 3.77. The van der Waals surface area contributed by atoms with Crippen LogP contribution in [0.1, 0.15) is 27.4 Å². The molecule has 0 radical (unpaired) electrons. The number of carboxylic acids is 1. The van der Waals surface area contributed by atoms with Crippen LogP contribution in [0, 0.1) is 12.9 Å². The third-order valence-electron chi connectivity index (χ3n) is 3.89. The molecule has 28 heavy (non-hydrogen) atoms. The predicted molar refractivity (Wildman–Crippen MR) is 90.6 cm³/mol. The van der Waals surface area contributed by atoms with Gasteiger partial charge >= 0.3 is 12.1 Å². The summed E-state index contributed by atoms with van der Waals surface area (Å²) in [5.74, 6) is -2.45. The Morgan fingerprint density at radius 2 is 1.96 bits per heavy atom. The van der Waals surface area contributed by atoms with E-state index in [-0.39, 0.29) is 28.0 Å². The van der Waals surface area contributed by atoms with E-state index in [0.29, 0.717) is 0 Å². The number of carbonyl (C=O) groups is 1. The van der Waals surface area contributed by atoms with Crippen molar-refractivity contribution in [3.63, 3.8) is 0 Å². The molecule has 0 aliphatic rings. The number of aromatic nitrogens is 3. The number of nitrogens with zero attached hydrogens (tertiary/aromatic N) is 2. The van der Waals surface area contributed by atoms with Crippen molar-refractivity contribution in [2.24, 2.45) is 0 Å². The first kappa shape index (κ1) is 19.3. The first-order valence-electron chi connectivity index (χ1n) is 7.80. The summed E-state index contributed by atoms with van der Waals surface area (Å²) in [6.45, 7) is 0.962. The molecule has 11 heteroatoms. The van der Waals surface area contributed by atoms with Gasteiger partial charge in [0.2, 0.25) is 5.95 Å². The molecular weight excluding hydrogens is 384 g/mol. The lowest BCUT2D eigenvalue weighted by Crippen LogP contribution is -2.16. The molecule has 0 aliphatic heterocycles. The van der Waals surface area contributed by atoms with Gasteiger partial charge in [0.25, 0.3) is 5.56 Å². The average Bonchev–Trinajstić information content (AvgIpc) is 2.59. The minimum Gasteiger partial charge on any atom is -0.477 e. The molecule has 0 amide bonds. The monoisotopic (exact) mass is 396 g/mol. The normalized spacial score (nSPS) is 11.6. The molecule has 2 aromatic heterocycles. The van der Waals surface area contributed by atoms with Crippen molar-refractivity contribution in [2.75, 3.05) is 5.32 Å². The van der Waals surface area contributed by atoms with Gasteiger partial charge in [-0.1, -0.05) is 0 Å². The summed E-state index contributed by atoms with van der Waals surface area (Å²) in [5, 5.41) is 11.2. The number of anilines is 1. The largest absolute Gasteiger partial charge is 0.477 e. The zero-order chi connectivity index (χ0) is 20.6. The highest BCUT2D eigenvalue weighted by molar-refractivity contribution is 5.85. The number of aromatic carboxylic acids is 1. The van der Waals surface area contributed by atoms with E-state index in [0.717, 1.165) is 24.3 Å². The summed E-state index contributed by atoms with van der Waals surface area (Å²) in [4.78, 5) is 32.3. The average molecular weight is 396 g/mol. The number of aryl methyl sites for hydroxylation is 1. The lowest BCUT2D eigenvalue weighted by molar-refractivity contribution is -0.138. The van der Waals surface area contributed by atoms with E-state index in [1.165, 1.54) is 6.92 Å². The molecule has 146 valence electrons. The number of aromatic amines is 1. The van der Waals surface area contributed by atoms with Gasteiger partial charge in [-0.15, -0.1) is 0 Å². The smallest absolute Gasteiger partial charge is 0.416 e. The van der Waals surface area contributed by atoms with Crippen LogP contribution in [0.15, 0.2) is 29.1 Å². The molecule has 3 N–H and O–H groups in total. The Morgan fingerprint density at radius 1 is 1.25 bits per heavy atom. The molecular formula is C17H12F4N4O3. The Hall–Kier alpha value is -3.50. The van der Waals surface area contributed by atoms with Gasteiger partial charge in [0.05, 0.1) is 22.2 Å². The van der Waals surface area contributed by atoms with Gasteiger partial charge in [-0.3, -0.25) is 4.79 Å². The van der Waals surface area contributed by atoms with Crippen molar-refractivity contribution < 1.29 is 27.5 Å². The lowest BCUT2D eigenvalue weighted by Gasteiger charge is -2.15. The highest BCUT2D eigenvalue weighted by Crippen LogP contribution is 2.34. The molecule has 0 saturated carbocycles. The molecule has 0 saturated heterocycles. The third-order valence-corrected chi connectivity index (χ3v) is 3.89. The summed E-state index contributed by atoms with van der Waals surface area (Å²) in [6, 6.07) is 3.86. The highest BCUT2D eigenvalue weighted by atomic mass is 19.4. The van der Waals surface area contributed by atoms with Gasteiger partial charge in [0.1, 0.15) is 5.82 Å². The first-order chi connectivity index (χ1) is 13.1. The number of pyridine rings is 1. The topological polar surface area (TPSA) is 108 Å². The van der Waals surface area contributed by atoms with E-state index in [4.69, 9.17) is 5.11 Å². The Morgan fingerprint density at radius 3 is 2.57 bits per heavy atom. The number of hydrogen-bond acceptors (Lipinski definition) is 5. The summed E-state index contributed by atoms with van der Waals surface area (Å²) in [6.07, 6.45) is -4.73. The van der Waals surface area contributed by atoms with Gasteiger partial charge in [0, 0.05) is 6.54 Å². The Labute approximate surface area is 154 Å². The minimum absolute atomic E-state index is 0.0461. The van der Waals surface area contributed by atoms with Crippen molar-refractivity contribution in [2.45, 2.75) is 19.6 Å². The first-order valence-corrected chi connectivity index (χ1v) is 7.80. The van der Waals surface area contributed by atoms with Crippen LogP contribution in [-0.2, 0) is 12.7 Å². The van der Waals surface area contributed by atoms with Gasteiger partial charge in [-0.05, 0) is 36.8 Å². The number of rotatable bonds is 4. The zero-order valence-electron chi connectivity index (χ0n) is 14.2. The Bertz CT molecular complexity index is 1140. The molecule has 7 nitrogen and oxygen atoms in total. The molecule has 0 unspecified atom stereocenters. The van der Waals surface area contributed by atoms with Crippen LogP contribution in [0.2, 0.25) is 0 Å². The molecule has 3 rings (SSSR count). The molecule has 1 aromatic carbocycles. The van der Waals surface area contributed by atoms with Crippen molar-refractivity contribution in [3.05, 3.63) is 63.2 Å². The van der Waals surface area contributed by atoms with Gasteiger partial charge < -0.3 is 15.4 Å². The van der Waals surface area contributed by atoms with E-state index in [2.05, 4.69) is 20.3 Å². The summed E-state index contributed by atoms with van der Waals surface area (Å²) < 4.78 is 54.2. The molecule has 0 fully saturated rings. The van der Waals surface area contributed by atoms with Crippen LogP contribution >= 0.6 is 0 Å². The van der Waals surface area contributed by atoms with Crippen molar-refractivity contribution in [1.82, 2.24) is 15.0 Å². The fraction of sp³-hybridized carbons (Fsp3) is 0.176. The van der Waals surface area contributed by atoms with Gasteiger partial charge in [-0.25, -0.2) is 14.8 Å². The van der Waals surface area contributed by atoms with E-state index in [1.54, 1.807) is 0 Å². The number of nitrogens with one attached hydrogen (secondary N) is 2. The van der Waals surface area contributed by atoms with Crippen molar-refractivity contribution in [3.8, 4) is 0 Å². The van der Waals surface area contributed by atoms with E-state index < -0.39 is 41.5 Å². The maximum atomic E-state index is 13.9. The lowest BCUT2D eigenvalue weighted by atomic mass is 10.0. The molecule has 0 aliphatic carbocycles. The SMILES string of the molecule is Cc1nc2cc(C(F)(F)F)c(CNc3ccc(C(=O)O)nc3F)cc2c(=O)[nH]1. The number of carboxylic acid groups (broad SMARTS) is 1. The van der Waals surface area contributed by atoms with Crippen LogP contribution < -0.4 is 10.9 Å². The number of hydrogen-bond donors (Lipinski definition) is 3. The predicted octanol–water partition coefficient (Wildman–Crippen LogP) is 3.09. The number of halogens is 4. The minimum atomic E-state index is -4.73. The molecule has 0 bridgehead atoms. The van der Waals surface area contributed by atoms with Crippen LogP contribution in [0.5, 0.6) is 0 Å². The highest BCUT2D eigenvalue weighted by Gasteiger charge is 2.34. The van der Waals surface area contributed by atoms with Crippen LogP contribution in [0.4, 0.5) is 23.2 Å². The molecule has 3 aromatic rings. The maximum absolute atomic E-state index is 13.9. The molecule has 2 heterocycles. The summed E-state index contributed by atoms with van der Waals surface area (Å²) in [7, 11) is 0. The zero-order valence-corrected chi connectivity index (χ0v) is 14.2. The Kier molecular flexibility index (Phi) is 4.75. The summed E-state index contributed by atoms with van der Waals surface area (Å²) in [5.41, 5.74) is -2.88. The second-order valence-corrected chi connectivity index (χ2v) is 5.87. The number of benzene rings is 1. The van der Waals surface area contributed by atoms with Crippen LogP contribution in [-0.4, -0.2) is 26.0 Å². The van der Waals surface area contributed by atoms with Crippen LogP contribution in [0.25, 0.3) is 10.9 Å².